The Bertz CT molecular complexity index is 1630. The number of aryl methyl sites for hydroxylation is 1. The van der Waals surface area contributed by atoms with Gasteiger partial charge < -0.3 is 5.73 Å². The summed E-state index contributed by atoms with van der Waals surface area (Å²) in [6, 6.07) is 14.6. The number of nitrogens with two attached hydrogens (primary N) is 1. The Morgan fingerprint density at radius 2 is 1.66 bits per heavy atom. The van der Waals surface area contributed by atoms with Crippen LogP contribution in [0, 0.1) is 0 Å². The normalized spacial score (nSPS) is 12.1. The summed E-state index contributed by atoms with van der Waals surface area (Å²) < 4.78 is 3.38. The maximum atomic E-state index is 13.5. The van der Waals surface area contributed by atoms with Crippen LogP contribution in [0.2, 0.25) is 0 Å². The Morgan fingerprint density at radius 3 is 2.31 bits per heavy atom. The first-order valence-corrected chi connectivity index (χ1v) is 11.9. The van der Waals surface area contributed by atoms with Gasteiger partial charge in [-0.25, -0.2) is 9.78 Å². The molecule has 0 spiro atoms. The van der Waals surface area contributed by atoms with Crippen molar-refractivity contribution in [3.8, 4) is 5.69 Å². The number of carbonyl (C=O) groups is 1. The molecule has 0 aliphatic carbocycles. The number of ketones is 1. The number of benzene rings is 2. The summed E-state index contributed by atoms with van der Waals surface area (Å²) >= 11 is 1.05. The molecule has 4 aromatic rings. The van der Waals surface area contributed by atoms with Crippen LogP contribution >= 0.6 is 11.8 Å². The highest BCUT2D eigenvalue weighted by molar-refractivity contribution is 8.00. The molecule has 180 valence electrons. The second-order valence-corrected chi connectivity index (χ2v) is 9.47. The molecular weight excluding hydrogens is 466 g/mol. The van der Waals surface area contributed by atoms with E-state index in [1.54, 1.807) is 31.2 Å². The molecular formula is C25H25N5O4S. The average molecular weight is 492 g/mol. The number of fused-ring (bicyclic) bond motifs is 1. The summed E-state index contributed by atoms with van der Waals surface area (Å²) in [6.07, 6.45) is 0.855. The Labute approximate surface area is 204 Å². The number of anilines is 1. The molecule has 4 rings (SSSR count). The molecule has 1 unspecified atom stereocenters. The third-order valence-electron chi connectivity index (χ3n) is 5.96. The van der Waals surface area contributed by atoms with Crippen molar-refractivity contribution in [2.75, 3.05) is 5.73 Å². The lowest BCUT2D eigenvalue weighted by atomic mass is 10.1. The van der Waals surface area contributed by atoms with Crippen molar-refractivity contribution in [3.63, 3.8) is 0 Å². The molecule has 0 bridgehead atoms. The van der Waals surface area contributed by atoms with Gasteiger partial charge in [-0.1, -0.05) is 43.0 Å². The highest BCUT2D eigenvalue weighted by Crippen LogP contribution is 2.27. The van der Waals surface area contributed by atoms with Crippen molar-refractivity contribution in [3.05, 3.63) is 90.8 Å². The van der Waals surface area contributed by atoms with E-state index < -0.39 is 22.3 Å². The number of para-hydroxylation sites is 1. The Kier molecular flexibility index (Phi) is 6.49. The molecule has 0 aliphatic rings. The zero-order valence-electron chi connectivity index (χ0n) is 19.8. The molecule has 1 atom stereocenters. The molecule has 0 amide bonds. The monoisotopic (exact) mass is 491 g/mol. The third-order valence-corrected chi connectivity index (χ3v) is 7.01. The van der Waals surface area contributed by atoms with Crippen molar-refractivity contribution in [2.45, 2.75) is 30.7 Å². The number of nitrogen functional groups attached to an aromatic ring is 1. The molecule has 0 radical (unpaired) electrons. The van der Waals surface area contributed by atoms with Crippen LogP contribution < -0.4 is 22.5 Å². The van der Waals surface area contributed by atoms with Gasteiger partial charge in [-0.3, -0.25) is 28.1 Å². The third kappa shape index (κ3) is 4.21. The second kappa shape index (κ2) is 9.38. The molecule has 35 heavy (non-hydrogen) atoms. The lowest BCUT2D eigenvalue weighted by molar-refractivity contribution is 0.0992. The highest BCUT2D eigenvalue weighted by atomic mass is 32.2. The van der Waals surface area contributed by atoms with Gasteiger partial charge in [-0.05, 0) is 43.2 Å². The van der Waals surface area contributed by atoms with Crippen LogP contribution in [0.15, 0.2) is 68.1 Å². The molecule has 2 heterocycles. The van der Waals surface area contributed by atoms with Crippen LogP contribution in [-0.2, 0) is 20.5 Å². The number of hydrogen-bond acceptors (Lipinski definition) is 7. The molecule has 0 saturated heterocycles. The molecule has 10 heteroatoms. The SMILES string of the molecule is CCc1ccc(-n2c(SC(C)C(=O)c3c(N)n(C)c(=O)n(C)c3=O)nc3ccccc3c2=O)cc1. The van der Waals surface area contributed by atoms with Gasteiger partial charge in [0.15, 0.2) is 10.9 Å². The summed E-state index contributed by atoms with van der Waals surface area (Å²) in [5.41, 5.74) is 6.30. The Morgan fingerprint density at radius 1 is 1.00 bits per heavy atom. The largest absolute Gasteiger partial charge is 0.384 e. The van der Waals surface area contributed by atoms with Gasteiger partial charge in [-0.15, -0.1) is 0 Å². The average Bonchev–Trinajstić information content (AvgIpc) is 2.86. The first kappa shape index (κ1) is 24.2. The van der Waals surface area contributed by atoms with Crippen LogP contribution in [0.5, 0.6) is 0 Å². The van der Waals surface area contributed by atoms with Crippen molar-refractivity contribution in [1.29, 1.82) is 0 Å². The van der Waals surface area contributed by atoms with Crippen LogP contribution in [0.3, 0.4) is 0 Å². The number of hydrogen-bond donors (Lipinski definition) is 1. The Balaban J connectivity index is 1.85. The first-order chi connectivity index (χ1) is 16.6. The van der Waals surface area contributed by atoms with Gasteiger partial charge in [0.2, 0.25) is 0 Å². The topological polar surface area (TPSA) is 122 Å². The van der Waals surface area contributed by atoms with Crippen LogP contribution in [0.25, 0.3) is 16.6 Å². The van der Waals surface area contributed by atoms with Crippen molar-refractivity contribution in [1.82, 2.24) is 18.7 Å². The summed E-state index contributed by atoms with van der Waals surface area (Å²) in [4.78, 5) is 56.3. The van der Waals surface area contributed by atoms with Crippen LogP contribution in [0.4, 0.5) is 5.82 Å². The van der Waals surface area contributed by atoms with E-state index in [9.17, 15) is 19.2 Å². The number of thioether (sulfide) groups is 1. The summed E-state index contributed by atoms with van der Waals surface area (Å²) in [5, 5.41) is -0.0673. The lowest BCUT2D eigenvalue weighted by Gasteiger charge is -2.17. The van der Waals surface area contributed by atoms with E-state index in [1.807, 2.05) is 31.2 Å². The number of Topliss-reactive ketones (excluding diaryl/α,β-unsaturated/α-hetero) is 1. The van der Waals surface area contributed by atoms with E-state index in [-0.39, 0.29) is 16.9 Å². The minimum atomic E-state index is -0.822. The fourth-order valence-electron chi connectivity index (χ4n) is 3.81. The zero-order chi connectivity index (χ0) is 25.4. The maximum Gasteiger partial charge on any atom is 0.332 e. The minimum absolute atomic E-state index is 0.199. The molecule has 0 aliphatic heterocycles. The quantitative estimate of drug-likeness (QED) is 0.249. The van der Waals surface area contributed by atoms with Gasteiger partial charge >= 0.3 is 5.69 Å². The number of rotatable bonds is 6. The molecule has 2 N–H and O–H groups in total. The fraction of sp³-hybridized carbons (Fsp3) is 0.240. The first-order valence-electron chi connectivity index (χ1n) is 11.0. The molecule has 0 fully saturated rings. The molecule has 9 nitrogen and oxygen atoms in total. The fourth-order valence-corrected chi connectivity index (χ4v) is 4.79. The van der Waals surface area contributed by atoms with Gasteiger partial charge in [-0.2, -0.15) is 0 Å². The van der Waals surface area contributed by atoms with Gasteiger partial charge in [0.05, 0.1) is 21.8 Å². The van der Waals surface area contributed by atoms with Crippen molar-refractivity contribution < 1.29 is 4.79 Å². The lowest BCUT2D eigenvalue weighted by Crippen LogP contribution is -2.42. The standard InChI is InChI=1S/C25H25N5O4S/c1-5-15-10-12-16(13-11-15)30-22(32)17-8-6-7-9-18(17)27-24(30)35-14(2)20(31)19-21(26)28(3)25(34)29(4)23(19)33/h6-14H,5,26H2,1-4H3. The summed E-state index contributed by atoms with van der Waals surface area (Å²) in [6.45, 7) is 3.66. The van der Waals surface area contributed by atoms with E-state index in [0.717, 1.165) is 32.9 Å². The predicted molar refractivity (Wildman–Crippen MR) is 138 cm³/mol. The van der Waals surface area contributed by atoms with E-state index in [2.05, 4.69) is 4.98 Å². The molecule has 0 saturated carbocycles. The predicted octanol–water partition coefficient (Wildman–Crippen LogP) is 2.29. The van der Waals surface area contributed by atoms with Crippen molar-refractivity contribution >= 4 is 34.3 Å². The van der Waals surface area contributed by atoms with Crippen LogP contribution in [-0.4, -0.2) is 29.7 Å². The highest BCUT2D eigenvalue weighted by Gasteiger charge is 2.27. The van der Waals surface area contributed by atoms with Crippen molar-refractivity contribution in [2.24, 2.45) is 14.1 Å². The number of aromatic nitrogens is 4. The maximum absolute atomic E-state index is 13.5. The van der Waals surface area contributed by atoms with Gasteiger partial charge in [0, 0.05) is 14.1 Å². The van der Waals surface area contributed by atoms with E-state index in [1.165, 1.54) is 18.7 Å². The smallest absolute Gasteiger partial charge is 0.332 e. The number of carbonyl (C=O) groups excluding carboxylic acids is 1. The van der Waals surface area contributed by atoms with Gasteiger partial charge in [0.25, 0.3) is 11.1 Å². The summed E-state index contributed by atoms with van der Waals surface area (Å²) in [7, 11) is 2.69. The molecule has 2 aromatic carbocycles. The minimum Gasteiger partial charge on any atom is -0.384 e. The van der Waals surface area contributed by atoms with Gasteiger partial charge in [0.1, 0.15) is 11.4 Å². The summed E-state index contributed by atoms with van der Waals surface area (Å²) in [5.74, 6) is -0.756. The second-order valence-electron chi connectivity index (χ2n) is 8.16. The van der Waals surface area contributed by atoms with E-state index in [0.29, 0.717) is 21.7 Å². The van der Waals surface area contributed by atoms with E-state index in [4.69, 9.17) is 5.73 Å². The number of nitrogens with zero attached hydrogens (tertiary/aromatic N) is 4. The zero-order valence-corrected chi connectivity index (χ0v) is 20.6. The van der Waals surface area contributed by atoms with Crippen LogP contribution in [0.1, 0.15) is 29.8 Å². The molecule has 2 aromatic heterocycles. The Hall–Kier alpha value is -3.92. The van der Waals surface area contributed by atoms with E-state index >= 15 is 0 Å².